The zero-order valence-electron chi connectivity index (χ0n) is 18.2. The first-order valence-electron chi connectivity index (χ1n) is 11.1. The van der Waals surface area contributed by atoms with Crippen molar-refractivity contribution in [1.29, 1.82) is 0 Å². The van der Waals surface area contributed by atoms with E-state index >= 15 is 0 Å². The summed E-state index contributed by atoms with van der Waals surface area (Å²) in [6, 6.07) is 23.0. The second-order valence-corrected chi connectivity index (χ2v) is 8.72. The molecule has 0 amide bonds. The monoisotopic (exact) mass is 460 g/mol. The number of rotatable bonds is 5. The Bertz CT molecular complexity index is 1390. The molecule has 168 valence electrons. The lowest BCUT2D eigenvalue weighted by Crippen LogP contribution is -2.45. The van der Waals surface area contributed by atoms with Crippen LogP contribution in [0.2, 0.25) is 5.02 Å². The summed E-state index contributed by atoms with van der Waals surface area (Å²) in [5.74, 6) is 0. The standard InChI is InChI=1S/C26H25ClN4O2/c27-21-15-22(29-13-11-28-12-14-29)24-23(16-21)30(17-19-7-3-1-4-8-19)26(33)31(25(24)32)18-20-9-5-2-6-10-20/h1-10,15-16,28H,11-14,17-18H2. The lowest BCUT2D eigenvalue weighted by molar-refractivity contribution is 0.589. The highest BCUT2D eigenvalue weighted by molar-refractivity contribution is 6.31. The number of nitrogens with one attached hydrogen (secondary N) is 1. The van der Waals surface area contributed by atoms with Crippen LogP contribution in [0.5, 0.6) is 0 Å². The zero-order valence-corrected chi connectivity index (χ0v) is 19.0. The Balaban J connectivity index is 1.78. The molecule has 0 saturated carbocycles. The number of piperazine rings is 1. The number of fused-ring (bicyclic) bond motifs is 1. The first-order chi connectivity index (χ1) is 16.1. The van der Waals surface area contributed by atoms with Crippen LogP contribution in [-0.4, -0.2) is 35.3 Å². The lowest BCUT2D eigenvalue weighted by atomic mass is 10.1. The van der Waals surface area contributed by atoms with Crippen LogP contribution in [0.4, 0.5) is 5.69 Å². The highest BCUT2D eigenvalue weighted by atomic mass is 35.5. The minimum absolute atomic E-state index is 0.215. The molecule has 1 aliphatic rings. The molecule has 0 aliphatic carbocycles. The van der Waals surface area contributed by atoms with E-state index in [1.54, 1.807) is 10.6 Å². The fraction of sp³-hybridized carbons (Fsp3) is 0.231. The molecule has 4 aromatic rings. The van der Waals surface area contributed by atoms with Gasteiger partial charge in [0.15, 0.2) is 0 Å². The van der Waals surface area contributed by atoms with Gasteiger partial charge in [-0.15, -0.1) is 0 Å². The predicted molar refractivity (Wildman–Crippen MR) is 134 cm³/mol. The third-order valence-corrected chi connectivity index (χ3v) is 6.32. The molecular formula is C26H25ClN4O2. The molecule has 0 unspecified atom stereocenters. The van der Waals surface area contributed by atoms with E-state index < -0.39 is 0 Å². The summed E-state index contributed by atoms with van der Waals surface area (Å²) in [6.07, 6.45) is 0. The highest BCUT2D eigenvalue weighted by Gasteiger charge is 2.21. The van der Waals surface area contributed by atoms with Crippen molar-refractivity contribution in [3.05, 3.63) is 110 Å². The number of halogens is 1. The minimum Gasteiger partial charge on any atom is -0.368 e. The summed E-state index contributed by atoms with van der Waals surface area (Å²) >= 11 is 6.53. The topological polar surface area (TPSA) is 59.3 Å². The van der Waals surface area contributed by atoms with Gasteiger partial charge in [0.05, 0.1) is 29.7 Å². The molecule has 1 aromatic heterocycles. The maximum Gasteiger partial charge on any atom is 0.332 e. The van der Waals surface area contributed by atoms with Gasteiger partial charge < -0.3 is 10.2 Å². The SMILES string of the molecule is O=c1c2c(N3CCNCC3)cc(Cl)cc2n(Cc2ccccc2)c(=O)n1Cc1ccccc1. The molecule has 0 spiro atoms. The van der Waals surface area contributed by atoms with Crippen molar-refractivity contribution in [3.8, 4) is 0 Å². The average molecular weight is 461 g/mol. The van der Waals surface area contributed by atoms with E-state index in [4.69, 9.17) is 11.6 Å². The lowest BCUT2D eigenvalue weighted by Gasteiger charge is -2.31. The second kappa shape index (κ2) is 9.25. The summed E-state index contributed by atoms with van der Waals surface area (Å²) in [4.78, 5) is 29.6. The first kappa shape index (κ1) is 21.5. The number of anilines is 1. The molecule has 6 nitrogen and oxygen atoms in total. The molecule has 5 rings (SSSR count). The molecule has 1 aliphatic heterocycles. The van der Waals surface area contributed by atoms with Gasteiger partial charge in [0.25, 0.3) is 5.56 Å². The number of benzene rings is 3. The summed E-state index contributed by atoms with van der Waals surface area (Å²) in [6.45, 7) is 3.77. The van der Waals surface area contributed by atoms with Crippen LogP contribution in [0, 0.1) is 0 Å². The molecule has 1 N–H and O–H groups in total. The van der Waals surface area contributed by atoms with Gasteiger partial charge in [-0.25, -0.2) is 4.79 Å². The minimum atomic E-state index is -0.339. The maximum absolute atomic E-state index is 13.8. The van der Waals surface area contributed by atoms with Crippen LogP contribution in [0.25, 0.3) is 10.9 Å². The van der Waals surface area contributed by atoms with Crippen molar-refractivity contribution in [1.82, 2.24) is 14.5 Å². The average Bonchev–Trinajstić information content (AvgIpc) is 2.85. The van der Waals surface area contributed by atoms with Crippen LogP contribution in [0.3, 0.4) is 0 Å². The van der Waals surface area contributed by atoms with E-state index in [1.165, 1.54) is 4.57 Å². The first-order valence-corrected chi connectivity index (χ1v) is 11.5. The van der Waals surface area contributed by atoms with E-state index in [0.717, 1.165) is 43.0 Å². The molecule has 1 fully saturated rings. The Labute approximate surface area is 196 Å². The van der Waals surface area contributed by atoms with Crippen molar-refractivity contribution < 1.29 is 0 Å². The van der Waals surface area contributed by atoms with Crippen molar-refractivity contribution in [2.45, 2.75) is 13.1 Å². The summed E-state index contributed by atoms with van der Waals surface area (Å²) in [5.41, 5.74) is 2.61. The molecule has 0 atom stereocenters. The van der Waals surface area contributed by atoms with Gasteiger partial charge in [-0.1, -0.05) is 72.3 Å². The van der Waals surface area contributed by atoms with Crippen molar-refractivity contribution in [2.24, 2.45) is 0 Å². The van der Waals surface area contributed by atoms with Crippen LogP contribution in [0.15, 0.2) is 82.4 Å². The maximum atomic E-state index is 13.8. The van der Waals surface area contributed by atoms with Crippen LogP contribution >= 0.6 is 11.6 Å². The molecule has 7 heteroatoms. The van der Waals surface area contributed by atoms with Crippen LogP contribution in [0.1, 0.15) is 11.1 Å². The Morgan fingerprint density at radius 3 is 1.97 bits per heavy atom. The molecule has 3 aromatic carbocycles. The summed E-state index contributed by atoms with van der Waals surface area (Å²) < 4.78 is 3.02. The van der Waals surface area contributed by atoms with Gasteiger partial charge in [0.2, 0.25) is 0 Å². The molecule has 0 bridgehead atoms. The summed E-state index contributed by atoms with van der Waals surface area (Å²) in [5, 5.41) is 4.39. The van der Waals surface area contributed by atoms with Gasteiger partial charge in [-0.05, 0) is 23.3 Å². The van der Waals surface area contributed by atoms with Gasteiger partial charge in [0, 0.05) is 31.2 Å². The van der Waals surface area contributed by atoms with Crippen LogP contribution < -0.4 is 21.5 Å². The Morgan fingerprint density at radius 1 is 0.788 bits per heavy atom. The number of hydrogen-bond acceptors (Lipinski definition) is 4. The fourth-order valence-electron chi connectivity index (χ4n) is 4.46. The third kappa shape index (κ3) is 4.32. The van der Waals surface area contributed by atoms with E-state index in [9.17, 15) is 9.59 Å². The molecule has 2 heterocycles. The third-order valence-electron chi connectivity index (χ3n) is 6.10. The van der Waals surface area contributed by atoms with Crippen molar-refractivity contribution >= 4 is 28.2 Å². The number of hydrogen-bond donors (Lipinski definition) is 1. The fourth-order valence-corrected chi connectivity index (χ4v) is 4.67. The van der Waals surface area contributed by atoms with Crippen LogP contribution in [-0.2, 0) is 13.1 Å². The highest BCUT2D eigenvalue weighted by Crippen LogP contribution is 2.29. The van der Waals surface area contributed by atoms with Gasteiger partial charge >= 0.3 is 5.69 Å². The largest absolute Gasteiger partial charge is 0.368 e. The number of aromatic nitrogens is 2. The zero-order chi connectivity index (χ0) is 22.8. The van der Waals surface area contributed by atoms with Gasteiger partial charge in [-0.2, -0.15) is 0 Å². The number of nitrogens with zero attached hydrogens (tertiary/aromatic N) is 3. The second-order valence-electron chi connectivity index (χ2n) is 8.29. The predicted octanol–water partition coefficient (Wildman–Crippen LogP) is 3.32. The molecule has 0 radical (unpaired) electrons. The molecule has 33 heavy (non-hydrogen) atoms. The Hall–Kier alpha value is -3.35. The van der Waals surface area contributed by atoms with Gasteiger partial charge in [0.1, 0.15) is 0 Å². The van der Waals surface area contributed by atoms with Gasteiger partial charge in [-0.3, -0.25) is 13.9 Å². The van der Waals surface area contributed by atoms with E-state index in [-0.39, 0.29) is 17.8 Å². The van der Waals surface area contributed by atoms with E-state index in [1.807, 2.05) is 66.7 Å². The normalized spacial score (nSPS) is 14.0. The molecular weight excluding hydrogens is 436 g/mol. The van der Waals surface area contributed by atoms with E-state index in [0.29, 0.717) is 22.5 Å². The smallest absolute Gasteiger partial charge is 0.332 e. The quantitative estimate of drug-likeness (QED) is 0.496. The Morgan fingerprint density at radius 2 is 1.36 bits per heavy atom. The van der Waals surface area contributed by atoms with Crippen molar-refractivity contribution in [3.63, 3.8) is 0 Å². The Kier molecular flexibility index (Phi) is 6.03. The van der Waals surface area contributed by atoms with E-state index in [2.05, 4.69) is 10.2 Å². The molecule has 1 saturated heterocycles. The summed E-state index contributed by atoms with van der Waals surface area (Å²) in [7, 11) is 0. The van der Waals surface area contributed by atoms with Crippen molar-refractivity contribution in [2.75, 3.05) is 31.1 Å².